The second-order valence-corrected chi connectivity index (χ2v) is 7.64. The molecule has 1 aromatic carbocycles. The van der Waals surface area contributed by atoms with Crippen molar-refractivity contribution in [2.45, 2.75) is 6.54 Å². The lowest BCUT2D eigenvalue weighted by Gasteiger charge is -2.05. The standard InChI is InChI=1S/C20H14ClN3O3S/c21-18-9-8-17(28-18)20(26)22-12-15-11-16(23-27-15)13-4-6-14(7-5-13)24-10-2-1-3-19(24)25/h1-11H,12H2,(H,22,26). The molecule has 3 heterocycles. The van der Waals surface area contributed by atoms with E-state index in [0.717, 1.165) is 11.3 Å². The van der Waals surface area contributed by atoms with Crippen LogP contribution in [0.5, 0.6) is 0 Å². The van der Waals surface area contributed by atoms with Crippen molar-refractivity contribution in [1.29, 1.82) is 0 Å². The molecule has 0 spiro atoms. The van der Waals surface area contributed by atoms with E-state index in [4.69, 9.17) is 16.1 Å². The average Bonchev–Trinajstić information content (AvgIpc) is 3.36. The van der Waals surface area contributed by atoms with Crippen molar-refractivity contribution >= 4 is 28.8 Å². The van der Waals surface area contributed by atoms with E-state index in [2.05, 4.69) is 10.5 Å². The smallest absolute Gasteiger partial charge is 0.261 e. The van der Waals surface area contributed by atoms with Crippen molar-refractivity contribution in [3.8, 4) is 16.9 Å². The molecule has 0 bridgehead atoms. The highest BCUT2D eigenvalue weighted by molar-refractivity contribution is 7.17. The van der Waals surface area contributed by atoms with Crippen LogP contribution in [0.3, 0.4) is 0 Å². The third kappa shape index (κ3) is 3.90. The first-order valence-corrected chi connectivity index (χ1v) is 9.57. The van der Waals surface area contributed by atoms with Gasteiger partial charge in [-0.1, -0.05) is 35.0 Å². The number of halogens is 1. The van der Waals surface area contributed by atoms with Gasteiger partial charge in [-0.05, 0) is 30.3 Å². The number of aromatic nitrogens is 2. The number of carbonyl (C=O) groups is 1. The summed E-state index contributed by atoms with van der Waals surface area (Å²) in [5.74, 6) is 0.321. The maximum Gasteiger partial charge on any atom is 0.261 e. The fourth-order valence-corrected chi connectivity index (χ4v) is 3.62. The molecule has 4 rings (SSSR count). The maximum atomic E-state index is 12.1. The number of pyridine rings is 1. The molecule has 0 atom stereocenters. The zero-order valence-corrected chi connectivity index (χ0v) is 16.0. The molecule has 0 fully saturated rings. The van der Waals surface area contributed by atoms with Gasteiger partial charge in [0.2, 0.25) is 0 Å². The first-order chi connectivity index (χ1) is 13.6. The van der Waals surface area contributed by atoms with E-state index in [1.54, 1.807) is 41.1 Å². The molecule has 0 saturated carbocycles. The Bertz CT molecular complexity index is 1180. The van der Waals surface area contributed by atoms with Crippen LogP contribution in [0.1, 0.15) is 15.4 Å². The molecule has 8 heteroatoms. The number of carbonyl (C=O) groups excluding carboxylic acids is 1. The van der Waals surface area contributed by atoms with Gasteiger partial charge in [-0.3, -0.25) is 14.2 Å². The molecule has 140 valence electrons. The summed E-state index contributed by atoms with van der Waals surface area (Å²) >= 11 is 7.06. The number of rotatable bonds is 5. The van der Waals surface area contributed by atoms with Gasteiger partial charge in [0.25, 0.3) is 11.5 Å². The lowest BCUT2D eigenvalue weighted by Crippen LogP contribution is -2.21. The van der Waals surface area contributed by atoms with E-state index in [0.29, 0.717) is 20.7 Å². The molecule has 1 N–H and O–H groups in total. The van der Waals surface area contributed by atoms with E-state index in [1.165, 1.54) is 17.4 Å². The fourth-order valence-electron chi connectivity index (χ4n) is 2.66. The molecule has 0 unspecified atom stereocenters. The molecule has 3 aromatic heterocycles. The van der Waals surface area contributed by atoms with E-state index >= 15 is 0 Å². The summed E-state index contributed by atoms with van der Waals surface area (Å²) in [6.45, 7) is 0.221. The Morgan fingerprint density at radius 2 is 1.96 bits per heavy atom. The Labute approximate surface area is 169 Å². The van der Waals surface area contributed by atoms with Gasteiger partial charge >= 0.3 is 0 Å². The number of amides is 1. The van der Waals surface area contributed by atoms with Gasteiger partial charge in [0.05, 0.1) is 15.8 Å². The Balaban J connectivity index is 1.45. The van der Waals surface area contributed by atoms with Crippen molar-refractivity contribution < 1.29 is 9.32 Å². The Morgan fingerprint density at radius 1 is 1.14 bits per heavy atom. The summed E-state index contributed by atoms with van der Waals surface area (Å²) in [7, 11) is 0. The summed E-state index contributed by atoms with van der Waals surface area (Å²) in [4.78, 5) is 24.5. The molecule has 4 aromatic rings. The van der Waals surface area contributed by atoms with Crippen LogP contribution in [0, 0.1) is 0 Å². The van der Waals surface area contributed by atoms with Gasteiger partial charge in [0, 0.05) is 29.6 Å². The predicted molar refractivity (Wildman–Crippen MR) is 108 cm³/mol. The van der Waals surface area contributed by atoms with Gasteiger partial charge in [-0.15, -0.1) is 11.3 Å². The molecular weight excluding hydrogens is 398 g/mol. The SMILES string of the molecule is O=C(NCc1cc(-c2ccc(-n3ccccc3=O)cc2)no1)c1ccc(Cl)s1. The molecule has 0 radical (unpaired) electrons. The summed E-state index contributed by atoms with van der Waals surface area (Å²) < 4.78 is 7.43. The number of nitrogens with zero attached hydrogens (tertiary/aromatic N) is 2. The van der Waals surface area contributed by atoms with Crippen molar-refractivity contribution in [3.05, 3.63) is 92.2 Å². The van der Waals surface area contributed by atoms with Crippen LogP contribution in [0.15, 0.2) is 76.2 Å². The van der Waals surface area contributed by atoms with Gasteiger partial charge in [-0.2, -0.15) is 0 Å². The van der Waals surface area contributed by atoms with E-state index in [-0.39, 0.29) is 18.0 Å². The molecule has 0 saturated heterocycles. The van der Waals surface area contributed by atoms with Crippen molar-refractivity contribution in [2.75, 3.05) is 0 Å². The van der Waals surface area contributed by atoms with Gasteiger partial charge < -0.3 is 9.84 Å². The van der Waals surface area contributed by atoms with Gasteiger partial charge in [0.1, 0.15) is 5.69 Å². The highest BCUT2D eigenvalue weighted by atomic mass is 35.5. The van der Waals surface area contributed by atoms with Crippen LogP contribution in [-0.2, 0) is 6.54 Å². The molecule has 6 nitrogen and oxygen atoms in total. The number of nitrogens with one attached hydrogen (secondary N) is 1. The number of hydrogen-bond acceptors (Lipinski definition) is 5. The highest BCUT2D eigenvalue weighted by Crippen LogP contribution is 2.22. The first kappa shape index (κ1) is 18.2. The molecular formula is C20H14ClN3O3S. The van der Waals surface area contributed by atoms with Crippen molar-refractivity contribution in [3.63, 3.8) is 0 Å². The van der Waals surface area contributed by atoms with Crippen LogP contribution in [0.25, 0.3) is 16.9 Å². The molecule has 28 heavy (non-hydrogen) atoms. The molecule has 0 aliphatic heterocycles. The lowest BCUT2D eigenvalue weighted by molar-refractivity contribution is 0.0951. The van der Waals surface area contributed by atoms with Crippen LogP contribution in [0.4, 0.5) is 0 Å². The third-order valence-electron chi connectivity index (χ3n) is 4.04. The van der Waals surface area contributed by atoms with E-state index in [9.17, 15) is 9.59 Å². The predicted octanol–water partition coefficient (Wildman–Crippen LogP) is 4.14. The largest absolute Gasteiger partial charge is 0.359 e. The first-order valence-electron chi connectivity index (χ1n) is 8.38. The highest BCUT2D eigenvalue weighted by Gasteiger charge is 2.11. The zero-order chi connectivity index (χ0) is 19.5. The average molecular weight is 412 g/mol. The summed E-state index contributed by atoms with van der Waals surface area (Å²) in [6, 6.07) is 17.6. The van der Waals surface area contributed by atoms with E-state index < -0.39 is 0 Å². The van der Waals surface area contributed by atoms with Crippen LogP contribution in [-0.4, -0.2) is 15.6 Å². The number of thiophene rings is 1. The van der Waals surface area contributed by atoms with Crippen LogP contribution < -0.4 is 10.9 Å². The molecule has 0 aliphatic carbocycles. The third-order valence-corrected chi connectivity index (χ3v) is 5.27. The van der Waals surface area contributed by atoms with Crippen LogP contribution >= 0.6 is 22.9 Å². The van der Waals surface area contributed by atoms with Gasteiger partial charge in [-0.25, -0.2) is 0 Å². The topological polar surface area (TPSA) is 77.1 Å². The quantitative estimate of drug-likeness (QED) is 0.535. The summed E-state index contributed by atoms with van der Waals surface area (Å²) in [5.41, 5.74) is 2.16. The van der Waals surface area contributed by atoms with Gasteiger partial charge in [0.15, 0.2) is 5.76 Å². The normalized spacial score (nSPS) is 10.8. The zero-order valence-electron chi connectivity index (χ0n) is 14.5. The molecule has 0 aliphatic rings. The molecule has 1 amide bonds. The number of hydrogen-bond donors (Lipinski definition) is 1. The Morgan fingerprint density at radius 3 is 2.68 bits per heavy atom. The second-order valence-electron chi connectivity index (χ2n) is 5.92. The minimum atomic E-state index is -0.215. The maximum absolute atomic E-state index is 12.1. The van der Waals surface area contributed by atoms with E-state index in [1.807, 2.05) is 24.3 Å². The minimum absolute atomic E-state index is 0.0956. The Kier molecular flexibility index (Phi) is 5.10. The van der Waals surface area contributed by atoms with Crippen molar-refractivity contribution in [1.82, 2.24) is 15.0 Å². The summed E-state index contributed by atoms with van der Waals surface area (Å²) in [5, 5.41) is 6.82. The van der Waals surface area contributed by atoms with Crippen LogP contribution in [0.2, 0.25) is 4.34 Å². The second kappa shape index (κ2) is 7.84. The lowest BCUT2D eigenvalue weighted by atomic mass is 10.1. The minimum Gasteiger partial charge on any atom is -0.359 e. The Hall–Kier alpha value is -3.16. The van der Waals surface area contributed by atoms with Crippen molar-refractivity contribution in [2.24, 2.45) is 0 Å². The summed E-state index contributed by atoms with van der Waals surface area (Å²) in [6.07, 6.45) is 1.72. The number of benzene rings is 1. The fraction of sp³-hybridized carbons (Fsp3) is 0.0500. The monoisotopic (exact) mass is 411 g/mol.